The van der Waals surface area contributed by atoms with Crippen LogP contribution in [0.3, 0.4) is 0 Å². The van der Waals surface area contributed by atoms with Gasteiger partial charge < -0.3 is 0 Å². The first kappa shape index (κ1) is 19.4. The second kappa shape index (κ2) is 9.33. The topological polar surface area (TPSA) is 0 Å². The zero-order valence-electron chi connectivity index (χ0n) is 13.1. The molecule has 2 radical (unpaired) electrons. The van der Waals surface area contributed by atoms with Gasteiger partial charge in [0.1, 0.15) is 0 Å². The normalized spacial score (nSPS) is 17.8. The first-order chi connectivity index (χ1) is 8.33. The van der Waals surface area contributed by atoms with Gasteiger partial charge in [-0.1, -0.05) is 87.4 Å². The summed E-state index contributed by atoms with van der Waals surface area (Å²) in [4.78, 5) is 0. The van der Waals surface area contributed by atoms with Crippen molar-refractivity contribution in [1.29, 1.82) is 0 Å². The van der Waals surface area contributed by atoms with Gasteiger partial charge in [-0.25, -0.2) is 0 Å². The Morgan fingerprint density at radius 2 is 1.00 bits per heavy atom. The predicted octanol–water partition coefficient (Wildman–Crippen LogP) is 4.49. The average molecular weight is 258 g/mol. The maximum atomic E-state index is 2.46. The smallest absolute Gasteiger partial charge is 0.0758 e. The number of allylic oxidation sites excluding steroid dienone is 8. The van der Waals surface area contributed by atoms with E-state index in [1.165, 1.54) is 24.9 Å². The van der Waals surface area contributed by atoms with Crippen molar-refractivity contribution < 1.29 is 0 Å². The summed E-state index contributed by atoms with van der Waals surface area (Å²) in [6.45, 7) is 4.70. The molecule has 0 heterocycles. The van der Waals surface area contributed by atoms with E-state index >= 15 is 0 Å². The molecule has 0 spiro atoms. The molecule has 3 heteroatoms. The van der Waals surface area contributed by atoms with E-state index in [4.69, 9.17) is 0 Å². The number of hydrogen-bond donors (Lipinski definition) is 0. The van der Waals surface area contributed by atoms with Crippen LogP contribution in [0.1, 0.15) is 26.7 Å². The standard InChI is InChI=1S/C16H24Si.2Li/c1-3-13-17(14-4-2,15-9-5-6-10-15)16-11-7-8-12-16;;/h5-12,15-16H,3-4,13-14H2,1-2H3;;. The maximum Gasteiger partial charge on any atom is 0.0758 e. The van der Waals surface area contributed by atoms with Crippen molar-refractivity contribution in [1.82, 2.24) is 0 Å². The van der Waals surface area contributed by atoms with Crippen molar-refractivity contribution in [2.24, 2.45) is 0 Å². The van der Waals surface area contributed by atoms with Crippen molar-refractivity contribution in [3.8, 4) is 0 Å². The zero-order valence-corrected chi connectivity index (χ0v) is 14.1. The number of rotatable bonds is 6. The summed E-state index contributed by atoms with van der Waals surface area (Å²) in [5.41, 5.74) is 1.53. The van der Waals surface area contributed by atoms with Crippen LogP contribution in [-0.4, -0.2) is 45.8 Å². The molecule has 0 atom stereocenters. The molecule has 0 saturated heterocycles. The van der Waals surface area contributed by atoms with Gasteiger partial charge in [0.15, 0.2) is 0 Å². The summed E-state index contributed by atoms with van der Waals surface area (Å²) < 4.78 is 0. The molecule has 0 saturated carbocycles. The third-order valence-corrected chi connectivity index (χ3v) is 10.5. The Labute approximate surface area is 143 Å². The van der Waals surface area contributed by atoms with Gasteiger partial charge in [-0.05, 0) is 11.1 Å². The van der Waals surface area contributed by atoms with Crippen LogP contribution in [0.5, 0.6) is 0 Å². The molecule has 0 N–H and O–H groups in total. The summed E-state index contributed by atoms with van der Waals surface area (Å²) in [6, 6.07) is 2.92. The van der Waals surface area contributed by atoms with E-state index in [-0.39, 0.29) is 37.7 Å². The molecule has 0 fully saturated rings. The molecule has 0 aliphatic heterocycles. The van der Waals surface area contributed by atoms with Crippen LogP contribution in [0.2, 0.25) is 23.2 Å². The van der Waals surface area contributed by atoms with Crippen LogP contribution in [-0.2, 0) is 0 Å². The molecule has 2 rings (SSSR count). The molecule has 0 nitrogen and oxygen atoms in total. The fourth-order valence-electron chi connectivity index (χ4n) is 3.58. The molecule has 0 aromatic rings. The zero-order chi connectivity index (χ0) is 12.1. The molecular formula is C16H24Li2Si. The van der Waals surface area contributed by atoms with Crippen molar-refractivity contribution in [3.63, 3.8) is 0 Å². The van der Waals surface area contributed by atoms with E-state index in [1.807, 2.05) is 0 Å². The average Bonchev–Trinajstić information content (AvgIpc) is 3.02. The predicted molar refractivity (Wildman–Crippen MR) is 91.5 cm³/mol. The second-order valence-electron chi connectivity index (χ2n) is 5.32. The molecular weight excluding hydrogens is 234 g/mol. The summed E-state index contributed by atoms with van der Waals surface area (Å²) in [6.07, 6.45) is 21.5. The van der Waals surface area contributed by atoms with Crippen molar-refractivity contribution in [2.45, 2.75) is 49.9 Å². The van der Waals surface area contributed by atoms with Gasteiger partial charge in [0.25, 0.3) is 0 Å². The minimum absolute atomic E-state index is 0. The first-order valence-corrected chi connectivity index (χ1v) is 9.60. The van der Waals surface area contributed by atoms with Crippen molar-refractivity contribution >= 4 is 45.8 Å². The van der Waals surface area contributed by atoms with Crippen molar-refractivity contribution in [2.75, 3.05) is 0 Å². The van der Waals surface area contributed by atoms with Crippen LogP contribution in [0.4, 0.5) is 0 Å². The Balaban J connectivity index is 0.00000162. The van der Waals surface area contributed by atoms with Gasteiger partial charge in [-0.15, -0.1) is 0 Å². The van der Waals surface area contributed by atoms with Gasteiger partial charge in [0.2, 0.25) is 0 Å². The Morgan fingerprint density at radius 1 is 0.684 bits per heavy atom. The summed E-state index contributed by atoms with van der Waals surface area (Å²) in [5.74, 6) is 0. The molecule has 0 aromatic heterocycles. The Bertz CT molecular complexity index is 309. The minimum atomic E-state index is -1.28. The molecule has 0 bridgehead atoms. The largest absolute Gasteiger partial charge is 0.0803 e. The maximum absolute atomic E-state index is 2.46. The van der Waals surface area contributed by atoms with Crippen LogP contribution in [0.25, 0.3) is 0 Å². The third kappa shape index (κ3) is 4.17. The molecule has 94 valence electrons. The first-order valence-electron chi connectivity index (χ1n) is 7.03. The Hall–Kier alpha value is 0.372. The molecule has 0 aromatic carbocycles. The van der Waals surface area contributed by atoms with Crippen molar-refractivity contribution in [3.05, 3.63) is 48.6 Å². The Kier molecular flexibility index (Phi) is 9.52. The fraction of sp³-hybridized carbons (Fsp3) is 0.500. The molecule has 19 heavy (non-hydrogen) atoms. The van der Waals surface area contributed by atoms with Crippen LogP contribution in [0.15, 0.2) is 48.6 Å². The van der Waals surface area contributed by atoms with Gasteiger partial charge >= 0.3 is 0 Å². The SMILES string of the molecule is CCC[Si](CCC)(C1C=CC=C1)C1C=CC=C1.[Li].[Li]. The van der Waals surface area contributed by atoms with Crippen LogP contribution in [0, 0.1) is 0 Å². The monoisotopic (exact) mass is 258 g/mol. The van der Waals surface area contributed by atoms with E-state index in [1.54, 1.807) is 0 Å². The number of hydrogen-bond acceptors (Lipinski definition) is 0. The van der Waals surface area contributed by atoms with E-state index in [9.17, 15) is 0 Å². The molecule has 2 aliphatic carbocycles. The van der Waals surface area contributed by atoms with Gasteiger partial charge in [-0.2, -0.15) is 0 Å². The van der Waals surface area contributed by atoms with Gasteiger partial charge in [0, 0.05) is 37.7 Å². The quantitative estimate of drug-likeness (QED) is 0.616. The Morgan fingerprint density at radius 3 is 1.26 bits per heavy atom. The van der Waals surface area contributed by atoms with Gasteiger partial charge in [-0.3, -0.25) is 0 Å². The summed E-state index contributed by atoms with van der Waals surface area (Å²) in [7, 11) is -1.28. The second-order valence-corrected chi connectivity index (χ2v) is 10.1. The van der Waals surface area contributed by atoms with Gasteiger partial charge in [0.05, 0.1) is 8.07 Å². The van der Waals surface area contributed by atoms with E-state index in [0.29, 0.717) is 0 Å². The van der Waals surface area contributed by atoms with E-state index in [0.717, 1.165) is 11.1 Å². The molecule has 2 aliphatic rings. The minimum Gasteiger partial charge on any atom is -0.0803 e. The molecule has 0 unspecified atom stereocenters. The molecule has 0 amide bonds. The summed E-state index contributed by atoms with van der Waals surface area (Å²) >= 11 is 0. The third-order valence-electron chi connectivity index (χ3n) is 4.25. The van der Waals surface area contributed by atoms with Crippen LogP contribution < -0.4 is 0 Å². The fourth-order valence-corrected chi connectivity index (χ4v) is 9.44. The van der Waals surface area contributed by atoms with E-state index in [2.05, 4.69) is 62.5 Å². The van der Waals surface area contributed by atoms with E-state index < -0.39 is 8.07 Å². The van der Waals surface area contributed by atoms with Crippen LogP contribution >= 0.6 is 0 Å². The summed E-state index contributed by atoms with van der Waals surface area (Å²) in [5, 5.41) is 0.